The van der Waals surface area contributed by atoms with Crippen molar-refractivity contribution in [1.82, 2.24) is 20.6 Å². The van der Waals surface area contributed by atoms with Gasteiger partial charge in [0.15, 0.2) is 5.16 Å². The number of thioether (sulfide) groups is 1. The van der Waals surface area contributed by atoms with Crippen LogP contribution >= 0.6 is 11.8 Å². The van der Waals surface area contributed by atoms with E-state index in [1.165, 1.54) is 11.8 Å². The molecule has 0 bridgehead atoms. The summed E-state index contributed by atoms with van der Waals surface area (Å²) < 4.78 is 0. The highest BCUT2D eigenvalue weighted by molar-refractivity contribution is 7.98. The van der Waals surface area contributed by atoms with Crippen molar-refractivity contribution < 1.29 is 9.59 Å². The molecule has 1 aromatic heterocycles. The van der Waals surface area contributed by atoms with E-state index in [2.05, 4.69) is 20.6 Å². The van der Waals surface area contributed by atoms with Gasteiger partial charge >= 0.3 is 0 Å². The fourth-order valence-electron chi connectivity index (χ4n) is 2.74. The number of amides is 2. The Kier molecular flexibility index (Phi) is 8.45. The number of carbonyl (C=O) groups excluding carboxylic acids is 2. The first kappa shape index (κ1) is 22.7. The van der Waals surface area contributed by atoms with Gasteiger partial charge in [-0.05, 0) is 50.6 Å². The topological polar surface area (TPSA) is 104 Å². The Hall–Kier alpha value is -2.61. The van der Waals surface area contributed by atoms with E-state index in [0.29, 0.717) is 34.9 Å². The van der Waals surface area contributed by atoms with Gasteiger partial charge in [0.2, 0.25) is 5.91 Å². The number of aromatic amines is 1. The predicted octanol–water partition coefficient (Wildman–Crippen LogP) is 2.58. The van der Waals surface area contributed by atoms with Gasteiger partial charge in [-0.25, -0.2) is 4.98 Å². The lowest BCUT2D eigenvalue weighted by Crippen LogP contribution is -2.32. The first-order valence-electron chi connectivity index (χ1n) is 9.64. The van der Waals surface area contributed by atoms with Crippen LogP contribution in [0.3, 0.4) is 0 Å². The van der Waals surface area contributed by atoms with Crippen LogP contribution in [-0.2, 0) is 17.8 Å². The third-order valence-corrected chi connectivity index (χ3v) is 5.24. The standard InChI is InChI=1S/C21H28N4O3S/c1-5-13(2)23-19(27)16-8-6-7-15(11-16)12-22-18(26)10-9-17-14(3)24-21(29-4)25-20(17)28/h6-8,11,13H,5,9-10,12H2,1-4H3,(H,22,26)(H,23,27)(H,24,25,28). The van der Waals surface area contributed by atoms with Crippen molar-refractivity contribution in [1.29, 1.82) is 0 Å². The fourth-order valence-corrected chi connectivity index (χ4v) is 3.16. The highest BCUT2D eigenvalue weighted by atomic mass is 32.2. The van der Waals surface area contributed by atoms with E-state index in [1.54, 1.807) is 25.1 Å². The summed E-state index contributed by atoms with van der Waals surface area (Å²) in [6.45, 7) is 6.07. The second-order valence-electron chi connectivity index (χ2n) is 6.90. The van der Waals surface area contributed by atoms with Crippen LogP contribution in [-0.4, -0.2) is 34.1 Å². The Balaban J connectivity index is 1.91. The van der Waals surface area contributed by atoms with Crippen molar-refractivity contribution in [3.63, 3.8) is 0 Å². The molecule has 0 aliphatic rings. The second kappa shape index (κ2) is 10.8. The average Bonchev–Trinajstić information content (AvgIpc) is 2.71. The van der Waals surface area contributed by atoms with E-state index in [-0.39, 0.29) is 29.8 Å². The number of aromatic nitrogens is 2. The Morgan fingerprint density at radius 3 is 2.72 bits per heavy atom. The van der Waals surface area contributed by atoms with Gasteiger partial charge in [0.25, 0.3) is 11.5 Å². The lowest BCUT2D eigenvalue weighted by atomic mass is 10.1. The Labute approximate surface area is 175 Å². The maximum absolute atomic E-state index is 12.2. The molecule has 0 saturated carbocycles. The molecule has 1 aromatic carbocycles. The molecule has 7 nitrogen and oxygen atoms in total. The van der Waals surface area contributed by atoms with Crippen molar-refractivity contribution in [3.05, 3.63) is 57.0 Å². The summed E-state index contributed by atoms with van der Waals surface area (Å²) in [5.41, 5.74) is 2.39. The average molecular weight is 417 g/mol. The van der Waals surface area contributed by atoms with Gasteiger partial charge in [-0.1, -0.05) is 30.8 Å². The summed E-state index contributed by atoms with van der Waals surface area (Å²) in [7, 11) is 0. The van der Waals surface area contributed by atoms with Gasteiger partial charge in [0.05, 0.1) is 0 Å². The largest absolute Gasteiger partial charge is 0.352 e. The third-order valence-electron chi connectivity index (χ3n) is 4.66. The number of nitrogens with one attached hydrogen (secondary N) is 3. The van der Waals surface area contributed by atoms with Crippen molar-refractivity contribution >= 4 is 23.6 Å². The maximum atomic E-state index is 12.2. The number of carbonyl (C=O) groups is 2. The van der Waals surface area contributed by atoms with Gasteiger partial charge in [-0.2, -0.15) is 0 Å². The number of benzene rings is 1. The van der Waals surface area contributed by atoms with Crippen LogP contribution in [0.4, 0.5) is 0 Å². The van der Waals surface area contributed by atoms with Gasteiger partial charge in [0, 0.05) is 35.8 Å². The quantitative estimate of drug-likeness (QED) is 0.431. The number of rotatable bonds is 9. The molecule has 0 aliphatic carbocycles. The van der Waals surface area contributed by atoms with Crippen molar-refractivity contribution in [2.24, 2.45) is 0 Å². The molecular weight excluding hydrogens is 388 g/mol. The van der Waals surface area contributed by atoms with Crippen LogP contribution < -0.4 is 16.2 Å². The highest BCUT2D eigenvalue weighted by Gasteiger charge is 2.12. The molecule has 3 N–H and O–H groups in total. The summed E-state index contributed by atoms with van der Waals surface area (Å²) in [6, 6.07) is 7.30. The zero-order chi connectivity index (χ0) is 21.4. The van der Waals surface area contributed by atoms with Crippen molar-refractivity contribution in [2.45, 2.75) is 57.8 Å². The smallest absolute Gasteiger partial charge is 0.254 e. The fraction of sp³-hybridized carbons (Fsp3) is 0.429. The first-order chi connectivity index (χ1) is 13.8. The zero-order valence-corrected chi connectivity index (χ0v) is 18.1. The van der Waals surface area contributed by atoms with Crippen LogP contribution in [0.2, 0.25) is 0 Å². The van der Waals surface area contributed by atoms with Crippen LogP contribution in [0.1, 0.15) is 53.9 Å². The van der Waals surface area contributed by atoms with Gasteiger partial charge in [0.1, 0.15) is 0 Å². The van der Waals surface area contributed by atoms with E-state index in [0.717, 1.165) is 12.0 Å². The molecular formula is C21H28N4O3S. The molecule has 1 heterocycles. The van der Waals surface area contributed by atoms with Crippen LogP contribution in [0.5, 0.6) is 0 Å². The Morgan fingerprint density at radius 1 is 1.31 bits per heavy atom. The minimum Gasteiger partial charge on any atom is -0.352 e. The van der Waals surface area contributed by atoms with E-state index >= 15 is 0 Å². The molecule has 0 radical (unpaired) electrons. The molecule has 2 rings (SSSR count). The molecule has 156 valence electrons. The molecule has 1 unspecified atom stereocenters. The van der Waals surface area contributed by atoms with Gasteiger partial charge < -0.3 is 15.6 Å². The lowest BCUT2D eigenvalue weighted by Gasteiger charge is -2.12. The Morgan fingerprint density at radius 2 is 2.07 bits per heavy atom. The monoisotopic (exact) mass is 416 g/mol. The number of H-pyrrole nitrogens is 1. The first-order valence-corrected chi connectivity index (χ1v) is 10.9. The SMILES string of the molecule is CCC(C)NC(=O)c1cccc(CNC(=O)CCc2c(C)nc(SC)[nH]c2=O)c1. The normalized spacial score (nSPS) is 11.7. The molecule has 2 aromatic rings. The molecule has 0 fully saturated rings. The summed E-state index contributed by atoms with van der Waals surface area (Å²) in [6.07, 6.45) is 3.22. The molecule has 1 atom stereocenters. The molecule has 29 heavy (non-hydrogen) atoms. The number of aryl methyl sites for hydroxylation is 1. The van der Waals surface area contributed by atoms with Crippen LogP contribution in [0.15, 0.2) is 34.2 Å². The summed E-state index contributed by atoms with van der Waals surface area (Å²) in [5, 5.41) is 6.34. The minimum atomic E-state index is -0.199. The number of hydrogen-bond donors (Lipinski definition) is 3. The summed E-state index contributed by atoms with van der Waals surface area (Å²) >= 11 is 1.37. The Bertz CT molecular complexity index is 926. The molecule has 8 heteroatoms. The van der Waals surface area contributed by atoms with Crippen molar-refractivity contribution in [2.75, 3.05) is 6.26 Å². The van der Waals surface area contributed by atoms with E-state index in [1.807, 2.05) is 26.2 Å². The molecule has 0 saturated heterocycles. The van der Waals surface area contributed by atoms with E-state index in [4.69, 9.17) is 0 Å². The van der Waals surface area contributed by atoms with Gasteiger partial charge in [-0.3, -0.25) is 14.4 Å². The zero-order valence-electron chi connectivity index (χ0n) is 17.3. The van der Waals surface area contributed by atoms with Crippen LogP contribution in [0.25, 0.3) is 0 Å². The maximum Gasteiger partial charge on any atom is 0.254 e. The number of nitrogens with zero attached hydrogens (tertiary/aromatic N) is 1. The molecule has 0 spiro atoms. The number of hydrogen-bond acceptors (Lipinski definition) is 5. The van der Waals surface area contributed by atoms with Gasteiger partial charge in [-0.15, -0.1) is 0 Å². The minimum absolute atomic E-state index is 0.108. The van der Waals surface area contributed by atoms with Crippen LogP contribution in [0, 0.1) is 6.92 Å². The molecule has 2 amide bonds. The second-order valence-corrected chi connectivity index (χ2v) is 7.69. The summed E-state index contributed by atoms with van der Waals surface area (Å²) in [5.74, 6) is -0.282. The van der Waals surface area contributed by atoms with E-state index < -0.39 is 0 Å². The van der Waals surface area contributed by atoms with E-state index in [9.17, 15) is 14.4 Å². The summed E-state index contributed by atoms with van der Waals surface area (Å²) in [4.78, 5) is 43.6. The highest BCUT2D eigenvalue weighted by Crippen LogP contribution is 2.10. The third kappa shape index (κ3) is 6.74. The van der Waals surface area contributed by atoms with Crippen molar-refractivity contribution in [3.8, 4) is 0 Å². The molecule has 0 aliphatic heterocycles. The lowest BCUT2D eigenvalue weighted by molar-refractivity contribution is -0.121. The predicted molar refractivity (Wildman–Crippen MR) is 115 cm³/mol.